The summed E-state index contributed by atoms with van der Waals surface area (Å²) in [5, 5.41) is 72.1. The molecule has 2 fully saturated rings. The first-order chi connectivity index (χ1) is 34.0. The third-order valence-corrected chi connectivity index (χ3v) is 11.3. The topological polar surface area (TPSA) is 231 Å². The molecule has 2 saturated heterocycles. The molecular weight excluding hydrogens is 901 g/mol. The van der Waals surface area contributed by atoms with Crippen LogP contribution in [0.1, 0.15) is 129 Å². The Morgan fingerprint density at radius 3 is 1.41 bits per heavy atom. The summed E-state index contributed by atoms with van der Waals surface area (Å²) in [6.07, 6.45) is 35.7. The molecule has 0 aliphatic carbocycles. The van der Waals surface area contributed by atoms with Gasteiger partial charge < -0.3 is 64.2 Å². The summed E-state index contributed by atoms with van der Waals surface area (Å²) in [7, 11) is 0. The first-order valence-corrected chi connectivity index (χ1v) is 25.5. The van der Waals surface area contributed by atoms with E-state index in [1.807, 2.05) is 18.2 Å². The Labute approximate surface area is 417 Å². The Bertz CT molecular complexity index is 1630. The van der Waals surface area contributed by atoms with Crippen LogP contribution in [0.3, 0.4) is 0 Å². The summed E-state index contributed by atoms with van der Waals surface area (Å²) in [6, 6.07) is 0. The molecule has 2 rings (SSSR count). The van der Waals surface area contributed by atoms with E-state index in [4.69, 9.17) is 28.4 Å². The third kappa shape index (κ3) is 28.3. The second-order valence-corrected chi connectivity index (χ2v) is 17.2. The van der Waals surface area contributed by atoms with E-state index in [1.165, 1.54) is 0 Å². The number of hydrogen-bond donors (Lipinski definition) is 7. The second-order valence-electron chi connectivity index (χ2n) is 17.2. The lowest BCUT2D eigenvalue weighted by Crippen LogP contribution is -2.61. The molecule has 2 heterocycles. The third-order valence-electron chi connectivity index (χ3n) is 11.3. The quantitative estimate of drug-likeness (QED) is 0.0186. The monoisotopic (exact) mass is 987 g/mol. The molecule has 0 amide bonds. The summed E-state index contributed by atoms with van der Waals surface area (Å²) in [5.74, 6) is -1.10. The summed E-state index contributed by atoms with van der Waals surface area (Å²) in [6.45, 7) is 2.21. The van der Waals surface area contributed by atoms with Crippen molar-refractivity contribution in [2.75, 3.05) is 26.4 Å². The minimum Gasteiger partial charge on any atom is -0.462 e. The van der Waals surface area contributed by atoms with Gasteiger partial charge in [-0.25, -0.2) is 0 Å². The zero-order valence-corrected chi connectivity index (χ0v) is 41.7. The van der Waals surface area contributed by atoms with Gasteiger partial charge in [0.05, 0.1) is 26.2 Å². The zero-order chi connectivity index (χ0) is 51.0. The second kappa shape index (κ2) is 40.7. The number of carbonyl (C=O) groups excluding carboxylic acids is 2. The van der Waals surface area contributed by atoms with Crippen LogP contribution in [0, 0.1) is 0 Å². The van der Waals surface area contributed by atoms with Crippen molar-refractivity contribution in [3.63, 3.8) is 0 Å². The van der Waals surface area contributed by atoms with Gasteiger partial charge in [-0.05, 0) is 77.0 Å². The van der Waals surface area contributed by atoms with Crippen LogP contribution in [-0.4, -0.2) is 142 Å². The van der Waals surface area contributed by atoms with Gasteiger partial charge in [-0.1, -0.05) is 149 Å². The first kappa shape index (κ1) is 62.3. The van der Waals surface area contributed by atoms with E-state index in [0.717, 1.165) is 89.9 Å². The molecule has 0 aromatic heterocycles. The van der Waals surface area contributed by atoms with Gasteiger partial charge in [0.25, 0.3) is 0 Å². The molecule has 15 heteroatoms. The SMILES string of the molecule is CC/C=C\C/C=C\C/C=C\C/C=C\C/C=C\CC(=O)OC(COC(=O)CCCCCCCC/C=C\C/C=C\C/C=C\C/C=C\CC)COC1OC(COC2OC(CO)C(O)C(O)C2O)C(O)C(O)C1O. The number of carbonyl (C=O) groups is 2. The Kier molecular flexibility index (Phi) is 36.2. The summed E-state index contributed by atoms with van der Waals surface area (Å²) >= 11 is 0. The molecule has 70 heavy (non-hydrogen) atoms. The van der Waals surface area contributed by atoms with Gasteiger partial charge in [0, 0.05) is 6.42 Å². The molecular formula is C55H86O15. The molecule has 0 saturated carbocycles. The molecule has 0 aromatic carbocycles. The molecule has 396 valence electrons. The van der Waals surface area contributed by atoms with Crippen LogP contribution in [0.15, 0.2) is 109 Å². The van der Waals surface area contributed by atoms with Gasteiger partial charge in [0.15, 0.2) is 18.7 Å². The van der Waals surface area contributed by atoms with Gasteiger partial charge in [0.1, 0.15) is 55.4 Å². The highest BCUT2D eigenvalue weighted by Gasteiger charge is 2.47. The van der Waals surface area contributed by atoms with Crippen LogP contribution < -0.4 is 0 Å². The van der Waals surface area contributed by atoms with Gasteiger partial charge in [-0.2, -0.15) is 0 Å². The predicted octanol–water partition coefficient (Wildman–Crippen LogP) is 7.15. The molecule has 2 aliphatic heterocycles. The van der Waals surface area contributed by atoms with Crippen LogP contribution in [0.4, 0.5) is 0 Å². The number of allylic oxidation sites excluding steroid dienone is 17. The van der Waals surface area contributed by atoms with Crippen LogP contribution in [0.2, 0.25) is 0 Å². The number of ether oxygens (including phenoxy) is 6. The van der Waals surface area contributed by atoms with E-state index < -0.39 is 99.3 Å². The van der Waals surface area contributed by atoms with Gasteiger partial charge in [0.2, 0.25) is 0 Å². The van der Waals surface area contributed by atoms with Crippen molar-refractivity contribution in [1.82, 2.24) is 0 Å². The number of unbranched alkanes of at least 4 members (excludes halogenated alkanes) is 6. The van der Waals surface area contributed by atoms with E-state index in [0.29, 0.717) is 12.8 Å². The average Bonchev–Trinajstić information content (AvgIpc) is 3.35. The minimum atomic E-state index is -1.79. The van der Waals surface area contributed by atoms with Gasteiger partial charge in [-0.3, -0.25) is 9.59 Å². The molecule has 7 N–H and O–H groups in total. The van der Waals surface area contributed by atoms with Crippen LogP contribution in [-0.2, 0) is 38.0 Å². The van der Waals surface area contributed by atoms with Gasteiger partial charge in [-0.15, -0.1) is 0 Å². The maximum atomic E-state index is 12.9. The number of esters is 2. The number of hydrogen-bond acceptors (Lipinski definition) is 15. The molecule has 0 aromatic rings. The predicted molar refractivity (Wildman–Crippen MR) is 270 cm³/mol. The fourth-order valence-electron chi connectivity index (χ4n) is 7.16. The van der Waals surface area contributed by atoms with Crippen molar-refractivity contribution in [2.45, 2.75) is 197 Å². The smallest absolute Gasteiger partial charge is 0.310 e. The molecule has 11 atom stereocenters. The molecule has 0 spiro atoms. The lowest BCUT2D eigenvalue weighted by molar-refractivity contribution is -0.332. The van der Waals surface area contributed by atoms with E-state index >= 15 is 0 Å². The van der Waals surface area contributed by atoms with Crippen molar-refractivity contribution in [1.29, 1.82) is 0 Å². The van der Waals surface area contributed by atoms with Crippen molar-refractivity contribution < 1.29 is 73.8 Å². The average molecular weight is 987 g/mol. The van der Waals surface area contributed by atoms with Gasteiger partial charge >= 0.3 is 11.9 Å². The Hall–Kier alpha value is -3.84. The summed E-state index contributed by atoms with van der Waals surface area (Å²) < 4.78 is 33.4. The first-order valence-electron chi connectivity index (χ1n) is 25.5. The maximum Gasteiger partial charge on any atom is 0.310 e. The Morgan fingerprint density at radius 2 is 0.900 bits per heavy atom. The van der Waals surface area contributed by atoms with E-state index in [9.17, 15) is 45.3 Å². The van der Waals surface area contributed by atoms with E-state index in [2.05, 4.69) is 98.9 Å². The lowest BCUT2D eigenvalue weighted by atomic mass is 9.98. The number of aliphatic hydroxyl groups excluding tert-OH is 7. The molecule has 2 aliphatic rings. The normalized spacial score (nSPS) is 26.3. The van der Waals surface area contributed by atoms with Crippen LogP contribution in [0.5, 0.6) is 0 Å². The van der Waals surface area contributed by atoms with Crippen molar-refractivity contribution in [2.24, 2.45) is 0 Å². The van der Waals surface area contributed by atoms with Crippen molar-refractivity contribution >= 4 is 11.9 Å². The van der Waals surface area contributed by atoms with Crippen LogP contribution in [0.25, 0.3) is 0 Å². The Balaban J connectivity index is 1.85. The standard InChI is InChI=1S/C55H86O15/c1-3-5-7-9-11-13-15-17-19-20-21-22-24-25-27-29-31-33-35-37-46(57)65-40-43(68-47(58)38-36-34-32-30-28-26-23-18-16-14-12-10-8-6-4-2)41-66-54-53(64)51(62)49(60)45(70-54)42-67-55-52(63)50(61)48(59)44(39-56)69-55/h5-8,11-14,17-19,21-23,28,30,34,36,43-45,48-56,59-64H,3-4,9-10,15-16,20,24-27,29,31-33,35,37-42H2,1-2H3/b7-5-,8-6-,13-11-,14-12-,19-17-,22-21-,23-18-,30-28-,36-34-. The Morgan fingerprint density at radius 1 is 0.471 bits per heavy atom. The van der Waals surface area contributed by atoms with Crippen LogP contribution >= 0.6 is 0 Å². The van der Waals surface area contributed by atoms with Crippen molar-refractivity contribution in [3.05, 3.63) is 109 Å². The highest BCUT2D eigenvalue weighted by atomic mass is 16.7. The highest BCUT2D eigenvalue weighted by Crippen LogP contribution is 2.26. The molecule has 0 radical (unpaired) electrons. The highest BCUT2D eigenvalue weighted by molar-refractivity contribution is 5.71. The summed E-state index contributed by atoms with van der Waals surface area (Å²) in [5.41, 5.74) is 0. The largest absolute Gasteiger partial charge is 0.462 e. The van der Waals surface area contributed by atoms with E-state index in [-0.39, 0.29) is 19.4 Å². The number of rotatable bonds is 37. The van der Waals surface area contributed by atoms with Crippen molar-refractivity contribution in [3.8, 4) is 0 Å². The van der Waals surface area contributed by atoms with E-state index in [1.54, 1.807) is 6.08 Å². The molecule has 0 bridgehead atoms. The number of aliphatic hydroxyl groups is 7. The molecule has 15 nitrogen and oxygen atoms in total. The minimum absolute atomic E-state index is 0.0771. The molecule has 11 unspecified atom stereocenters. The fraction of sp³-hybridized carbons (Fsp3) is 0.636. The zero-order valence-electron chi connectivity index (χ0n) is 41.7. The fourth-order valence-corrected chi connectivity index (χ4v) is 7.16. The summed E-state index contributed by atoms with van der Waals surface area (Å²) in [4.78, 5) is 25.7. The lowest BCUT2D eigenvalue weighted by Gasteiger charge is -2.42. The maximum absolute atomic E-state index is 12.9.